The number of aliphatic hydroxyl groups excluding tert-OH is 5. The van der Waals surface area contributed by atoms with Crippen LogP contribution < -0.4 is 67.6 Å². The molecule has 6 aromatic carbocycles. The number of halogens is 3. The van der Waals surface area contributed by atoms with Crippen molar-refractivity contribution >= 4 is 116 Å². The molecule has 0 aliphatic carbocycles. The van der Waals surface area contributed by atoms with Gasteiger partial charge in [0.25, 0.3) is 0 Å². The molecular weight excluding hydrogens is 1640 g/mol. The van der Waals surface area contributed by atoms with Gasteiger partial charge in [0.2, 0.25) is 53.4 Å². The molecule has 11 bridgehead atoms. The number of imidazole rings is 1. The van der Waals surface area contributed by atoms with Crippen molar-refractivity contribution in [3.63, 3.8) is 0 Å². The molecule has 8 heterocycles. The SMILES string of the molecule is CN[C@@H](CC(C)C)C(=O)NC1C(=O)NC(CC(N)=O)C(=O)NC2C(=O)NC3C(=O)N[C@H](C(=O)NC(C(=O)O)c4cc(O)cc(O)c4-c4cc3ccc4O)[C@H](O)c3ccc(c(Cl)c3)Oc3cc2cc(c3OC2OC(CSc3nc4cc(OC)ccc4[nH]3)C(O)C(O)C2OC2CC(N)(I)C(O)C(C)O2)Oc2ccc(cc2Cl)C1O. The van der Waals surface area contributed by atoms with E-state index in [4.69, 9.17) is 67.8 Å². The highest BCUT2D eigenvalue weighted by Crippen LogP contribution is 2.50. The van der Waals surface area contributed by atoms with Crippen LogP contribution in [0.4, 0.5) is 0 Å². The summed E-state index contributed by atoms with van der Waals surface area (Å²) in [6.45, 7) is 5.16. The summed E-state index contributed by atoms with van der Waals surface area (Å²) >= 11 is 17.2. The van der Waals surface area contributed by atoms with E-state index in [1.165, 1.54) is 33.2 Å². The first kappa shape index (κ1) is 81.9. The van der Waals surface area contributed by atoms with Crippen LogP contribution in [0.1, 0.15) is 98.2 Å². The second kappa shape index (κ2) is 33.6. The van der Waals surface area contributed by atoms with Crippen LogP contribution in [0.25, 0.3) is 22.2 Å². The predicted molar refractivity (Wildman–Crippen MR) is 404 cm³/mol. The fourth-order valence-corrected chi connectivity index (χ4v) is 15.8. The number of likely N-dealkylation sites (N-methyl/N-ethyl adjacent to an activating group) is 1. The number of aromatic amines is 1. The Balaban J connectivity index is 1.09. The molecule has 596 valence electrons. The van der Waals surface area contributed by atoms with Gasteiger partial charge in [0.1, 0.15) is 98.8 Å². The first-order valence-corrected chi connectivity index (χ1v) is 37.6. The Hall–Kier alpha value is -9.59. The van der Waals surface area contributed by atoms with Crippen molar-refractivity contribution < 1.29 is 117 Å². The van der Waals surface area contributed by atoms with Crippen LogP contribution in [-0.2, 0) is 52.6 Å². The topological polar surface area (TPSA) is 548 Å². The summed E-state index contributed by atoms with van der Waals surface area (Å²) in [7, 11) is 2.97. The van der Waals surface area contributed by atoms with Gasteiger partial charge < -0.3 is 133 Å². The number of thioether (sulfide) groups is 1. The van der Waals surface area contributed by atoms with E-state index in [1.54, 1.807) is 18.2 Å². The van der Waals surface area contributed by atoms with Crippen molar-refractivity contribution in [2.45, 2.75) is 152 Å². The third-order valence-electron chi connectivity index (χ3n) is 19.3. The number of aliphatic hydroxyl groups is 5. The second-order valence-electron chi connectivity index (χ2n) is 27.7. The number of amides is 7. The van der Waals surface area contributed by atoms with E-state index >= 15 is 14.4 Å². The largest absolute Gasteiger partial charge is 0.508 e. The second-order valence-corrected chi connectivity index (χ2v) is 31.5. The van der Waals surface area contributed by atoms with Crippen LogP contribution in [0.5, 0.6) is 51.7 Å². The van der Waals surface area contributed by atoms with E-state index in [9.17, 15) is 69.9 Å². The molecule has 0 radical (unpaired) electrons. The molecule has 7 amide bonds. The number of nitrogens with one attached hydrogen (secondary N) is 8. The Labute approximate surface area is 664 Å². The van der Waals surface area contributed by atoms with Crippen molar-refractivity contribution in [2.24, 2.45) is 17.4 Å². The molecule has 7 aliphatic heterocycles. The minimum absolute atomic E-state index is 0.103. The number of carboxylic acids is 1. The number of H-pyrrole nitrogens is 1. The number of nitrogens with two attached hydrogens (primary N) is 2. The number of carboxylic acid groups (broad SMARTS) is 1. The van der Waals surface area contributed by atoms with Gasteiger partial charge in [0, 0.05) is 41.0 Å². The van der Waals surface area contributed by atoms with Gasteiger partial charge in [0.15, 0.2) is 35.1 Å². The highest BCUT2D eigenvalue weighted by atomic mass is 127. The predicted octanol–water partition coefficient (Wildman–Crippen LogP) is 3.16. The number of benzene rings is 6. The standard InChI is InChI=1S/C73H78Cl2IN11O24S/c1-26(2)14-40(79-4)64(97)86-55-57(92)29-7-12-44(36(74)16-29)107-46-18-31-19-47(61(46)111-71-62(110-50-24-73(76,78)63(96)27(3)106-50)60(95)59(94)48(109-71)25-112-72-81-38-10-9-33(105-5)22-39(38)82-72)108-45-13-8-30(17-37(45)75)58(93)56-69(102)85-54(70(103)104)35-20-32(88)21-43(90)51(35)34-15-28(6-11-42(34)89)52(66(99)87-56)84-67(100)53(31)83-65(98)41(23-49(77)91)80-68(55)101/h6-13,15-22,26-27,40-41,48,50,52-60,62-63,71,79,88-90,92-96H,14,23-25,78H2,1-5H3,(H2,77,91)(H,80,101)(H,81,82)(H,83,98)(H,84,100)(H,85,102)(H,86,97)(H,87,99)(H,103,104)/t27?,40-,41?,48?,50?,52?,53?,54?,55?,56-,57?,58+,59?,60?,62?,63?,71?,73?/m0/s1. The fraction of sp³-hybridized carbons (Fsp3) is 0.384. The first-order valence-electron chi connectivity index (χ1n) is 34.8. The molecule has 7 aliphatic rings. The number of phenolic OH excluding ortho intramolecular Hbond substituents is 3. The Morgan fingerprint density at radius 1 is 0.741 bits per heavy atom. The molecule has 2 saturated heterocycles. The molecule has 15 unspecified atom stereocenters. The van der Waals surface area contributed by atoms with E-state index in [-0.39, 0.29) is 57.7 Å². The number of fused-ring (bicyclic) bond motifs is 16. The Kier molecular flexibility index (Phi) is 24.6. The number of ether oxygens (including phenoxy) is 7. The zero-order valence-electron chi connectivity index (χ0n) is 59.8. The van der Waals surface area contributed by atoms with Crippen LogP contribution in [0.3, 0.4) is 0 Å². The van der Waals surface area contributed by atoms with Gasteiger partial charge in [-0.2, -0.15) is 0 Å². The zero-order valence-corrected chi connectivity index (χ0v) is 64.2. The maximum Gasteiger partial charge on any atom is 0.330 e. The summed E-state index contributed by atoms with van der Waals surface area (Å²) < 4.78 is 43.8. The van der Waals surface area contributed by atoms with E-state index in [2.05, 4.69) is 47.2 Å². The summed E-state index contributed by atoms with van der Waals surface area (Å²) in [6, 6.07) is 4.67. The molecule has 35 nitrogen and oxygen atoms in total. The lowest BCUT2D eigenvalue weighted by molar-refractivity contribution is -0.325. The minimum atomic E-state index is -2.35. The lowest BCUT2D eigenvalue weighted by Gasteiger charge is -2.46. The van der Waals surface area contributed by atoms with E-state index in [0.29, 0.717) is 21.9 Å². The Bertz CT molecular complexity index is 4850. The van der Waals surface area contributed by atoms with Gasteiger partial charge in [-0.15, -0.1) is 0 Å². The van der Waals surface area contributed by atoms with Gasteiger partial charge in [-0.25, -0.2) is 9.78 Å². The Morgan fingerprint density at radius 3 is 2.01 bits per heavy atom. The van der Waals surface area contributed by atoms with Crippen LogP contribution in [0.2, 0.25) is 10.0 Å². The number of aliphatic carboxylic acids is 1. The summed E-state index contributed by atoms with van der Waals surface area (Å²) in [6.07, 6.45) is -18.2. The number of aromatic nitrogens is 2. The molecule has 2 fully saturated rings. The first-order chi connectivity index (χ1) is 53.1. The molecule has 0 spiro atoms. The molecule has 21 N–H and O–H groups in total. The third kappa shape index (κ3) is 17.5. The average molecular weight is 1720 g/mol. The van der Waals surface area contributed by atoms with Gasteiger partial charge >= 0.3 is 5.97 Å². The quantitative estimate of drug-likeness (QED) is 0.0286. The highest BCUT2D eigenvalue weighted by Gasteiger charge is 2.52. The summed E-state index contributed by atoms with van der Waals surface area (Å²) in [4.78, 5) is 126. The minimum Gasteiger partial charge on any atom is -0.508 e. The van der Waals surface area contributed by atoms with Crippen molar-refractivity contribution in [3.8, 4) is 62.9 Å². The zero-order chi connectivity index (χ0) is 80.8. The van der Waals surface area contributed by atoms with Gasteiger partial charge in [0.05, 0.1) is 52.9 Å². The number of primary amides is 1. The molecule has 1 aromatic heterocycles. The van der Waals surface area contributed by atoms with Gasteiger partial charge in [-0.05, 0) is 115 Å². The number of hydrogen-bond donors (Lipinski definition) is 19. The number of nitrogens with zero attached hydrogens (tertiary/aromatic N) is 1. The number of hydrogen-bond acceptors (Lipinski definition) is 27. The Morgan fingerprint density at radius 2 is 1.38 bits per heavy atom. The third-order valence-corrected chi connectivity index (χ3v) is 22.0. The molecule has 0 saturated carbocycles. The van der Waals surface area contributed by atoms with E-state index in [1.807, 2.05) is 36.4 Å². The lowest BCUT2D eigenvalue weighted by atomic mass is 9.89. The lowest BCUT2D eigenvalue weighted by Crippen LogP contribution is -2.63. The highest BCUT2D eigenvalue weighted by molar-refractivity contribution is 14.1. The maximum atomic E-state index is 16.2. The van der Waals surface area contributed by atoms with Crippen LogP contribution in [0, 0.1) is 5.92 Å². The molecule has 7 aromatic rings. The summed E-state index contributed by atoms with van der Waals surface area (Å²) in [5.74, 6) is -15.5. The van der Waals surface area contributed by atoms with Gasteiger partial charge in [-0.3, -0.25) is 33.6 Å². The number of carbonyl (C=O) groups is 8. The van der Waals surface area contributed by atoms with Crippen molar-refractivity contribution in [2.75, 3.05) is 19.9 Å². The fourth-order valence-electron chi connectivity index (χ4n) is 13.5. The number of phenols is 3. The maximum absolute atomic E-state index is 16.2. The van der Waals surface area contributed by atoms with Crippen molar-refractivity contribution in [1.82, 2.24) is 47.2 Å². The van der Waals surface area contributed by atoms with Crippen molar-refractivity contribution in [1.29, 1.82) is 0 Å². The number of methoxy groups -OCH3 is 1. The molecule has 112 heavy (non-hydrogen) atoms. The van der Waals surface area contributed by atoms with Crippen LogP contribution in [0.15, 0.2) is 102 Å². The number of rotatable bonds is 16. The number of carbonyl (C=O) groups excluding carboxylic acids is 7. The summed E-state index contributed by atoms with van der Waals surface area (Å²) in [5.41, 5.74) is 10.7. The average Bonchev–Trinajstić information content (AvgIpc) is 0.907. The molecule has 14 rings (SSSR count). The van der Waals surface area contributed by atoms with E-state index in [0.717, 1.165) is 78.5 Å². The van der Waals surface area contributed by atoms with Crippen LogP contribution in [-0.4, -0.2) is 200 Å². The normalized spacial score (nSPS) is 27.7. The van der Waals surface area contributed by atoms with Crippen molar-refractivity contribution in [3.05, 3.63) is 135 Å². The number of aromatic hydroxyl groups is 3. The number of alkyl halides is 1. The summed E-state index contributed by atoms with van der Waals surface area (Å²) in [5, 5.41) is 123. The molecule has 18 atom stereocenters. The van der Waals surface area contributed by atoms with E-state index < -0.39 is 223 Å². The molecule has 39 heteroatoms. The smallest absolute Gasteiger partial charge is 0.330 e. The van der Waals surface area contributed by atoms with Gasteiger partial charge in [-0.1, -0.05) is 89.6 Å². The monoisotopic (exact) mass is 1720 g/mol. The van der Waals surface area contributed by atoms with Crippen LogP contribution >= 0.6 is 57.6 Å². The molecular formula is C73H78Cl2IN11O24S.